The topological polar surface area (TPSA) is 67.8 Å². The second-order valence-corrected chi connectivity index (χ2v) is 9.59. The van der Waals surface area contributed by atoms with E-state index in [-0.39, 0.29) is 11.8 Å². The van der Waals surface area contributed by atoms with Crippen LogP contribution in [0.15, 0.2) is 18.2 Å². The maximum absolute atomic E-state index is 13.2. The van der Waals surface area contributed by atoms with Gasteiger partial charge in [-0.3, -0.25) is 4.79 Å². The summed E-state index contributed by atoms with van der Waals surface area (Å²) >= 11 is 6.47. The van der Waals surface area contributed by atoms with Crippen LogP contribution in [0.25, 0.3) is 0 Å². The molecule has 1 aliphatic rings. The first-order chi connectivity index (χ1) is 15.7. The minimum absolute atomic E-state index is 0.0645. The number of rotatable bonds is 8. The Balaban J connectivity index is 1.69. The molecule has 1 aromatic heterocycles. The molecular formula is C25H35ClN4O3. The maximum atomic E-state index is 13.2. The minimum Gasteiger partial charge on any atom is -0.493 e. The van der Waals surface area contributed by atoms with Crippen LogP contribution in [0.1, 0.15) is 61.9 Å². The number of aryl methyl sites for hydroxylation is 1. The molecule has 0 N–H and O–H groups in total. The monoisotopic (exact) mass is 474 g/mol. The summed E-state index contributed by atoms with van der Waals surface area (Å²) in [6, 6.07) is 5.40. The van der Waals surface area contributed by atoms with E-state index in [0.29, 0.717) is 60.8 Å². The van der Waals surface area contributed by atoms with Gasteiger partial charge >= 0.3 is 0 Å². The van der Waals surface area contributed by atoms with Crippen molar-refractivity contribution in [1.82, 2.24) is 14.9 Å². The molecule has 1 amide bonds. The fourth-order valence-electron chi connectivity index (χ4n) is 3.70. The van der Waals surface area contributed by atoms with Gasteiger partial charge in [0.05, 0.1) is 18.7 Å². The molecule has 1 aliphatic heterocycles. The maximum Gasteiger partial charge on any atom is 0.254 e. The number of nitrogens with zero attached hydrogens (tertiary/aromatic N) is 4. The van der Waals surface area contributed by atoms with Gasteiger partial charge < -0.3 is 19.3 Å². The largest absolute Gasteiger partial charge is 0.493 e. The average molecular weight is 475 g/mol. The van der Waals surface area contributed by atoms with Crippen LogP contribution in [0.3, 0.4) is 0 Å². The van der Waals surface area contributed by atoms with Crippen molar-refractivity contribution in [1.29, 1.82) is 0 Å². The number of benzene rings is 1. The van der Waals surface area contributed by atoms with E-state index in [9.17, 15) is 4.79 Å². The van der Waals surface area contributed by atoms with Crippen molar-refractivity contribution in [3.05, 3.63) is 40.3 Å². The molecule has 2 heterocycles. The van der Waals surface area contributed by atoms with E-state index in [0.717, 1.165) is 23.8 Å². The molecule has 0 unspecified atom stereocenters. The second kappa shape index (κ2) is 11.1. The number of carbonyl (C=O) groups excluding carboxylic acids is 1. The van der Waals surface area contributed by atoms with Crippen LogP contribution in [0.2, 0.25) is 5.02 Å². The summed E-state index contributed by atoms with van der Waals surface area (Å²) in [5, 5.41) is 0.387. The van der Waals surface area contributed by atoms with E-state index >= 15 is 0 Å². The highest BCUT2D eigenvalue weighted by Crippen LogP contribution is 2.37. The van der Waals surface area contributed by atoms with E-state index < -0.39 is 0 Å². The Kier molecular flexibility index (Phi) is 8.40. The SMILES string of the molecule is COc1cc(C(=O)N2CCN(c3cc(C)nc(C(C)C)n3)CC2)cc(Cl)c1OCCC(C)C. The molecule has 1 fully saturated rings. The van der Waals surface area contributed by atoms with Crippen molar-refractivity contribution in [2.75, 3.05) is 44.8 Å². The summed E-state index contributed by atoms with van der Waals surface area (Å²) in [6.45, 7) is 13.6. The van der Waals surface area contributed by atoms with E-state index in [1.165, 1.54) is 0 Å². The fourth-order valence-corrected chi connectivity index (χ4v) is 3.96. The van der Waals surface area contributed by atoms with Crippen molar-refractivity contribution in [3.63, 3.8) is 0 Å². The van der Waals surface area contributed by atoms with Crippen LogP contribution < -0.4 is 14.4 Å². The van der Waals surface area contributed by atoms with Crippen molar-refractivity contribution < 1.29 is 14.3 Å². The molecule has 3 rings (SSSR count). The Morgan fingerprint density at radius 1 is 1.09 bits per heavy atom. The molecule has 33 heavy (non-hydrogen) atoms. The number of piperazine rings is 1. The van der Waals surface area contributed by atoms with Crippen LogP contribution in [0, 0.1) is 12.8 Å². The van der Waals surface area contributed by atoms with E-state index in [4.69, 9.17) is 26.1 Å². The molecule has 8 heteroatoms. The van der Waals surface area contributed by atoms with Gasteiger partial charge in [0.2, 0.25) is 0 Å². The first kappa shape index (κ1) is 25.1. The molecule has 0 aliphatic carbocycles. The number of halogens is 1. The predicted octanol–water partition coefficient (Wildman–Crippen LogP) is 4.96. The molecule has 0 radical (unpaired) electrons. The Morgan fingerprint density at radius 3 is 2.39 bits per heavy atom. The van der Waals surface area contributed by atoms with Gasteiger partial charge in [-0.25, -0.2) is 9.97 Å². The number of anilines is 1. The molecule has 2 aromatic rings. The van der Waals surface area contributed by atoms with Crippen molar-refractivity contribution in [2.45, 2.75) is 47.0 Å². The lowest BCUT2D eigenvalue weighted by Crippen LogP contribution is -2.49. The number of amides is 1. The summed E-state index contributed by atoms with van der Waals surface area (Å²) in [5.41, 5.74) is 1.46. The third kappa shape index (κ3) is 6.28. The van der Waals surface area contributed by atoms with Crippen LogP contribution in [-0.2, 0) is 0 Å². The Bertz CT molecular complexity index is 972. The summed E-state index contributed by atoms with van der Waals surface area (Å²) in [4.78, 5) is 26.5. The summed E-state index contributed by atoms with van der Waals surface area (Å²) in [6.07, 6.45) is 0.912. The second-order valence-electron chi connectivity index (χ2n) is 9.18. The number of hydrogen-bond donors (Lipinski definition) is 0. The third-order valence-electron chi connectivity index (χ3n) is 5.68. The van der Waals surface area contributed by atoms with Gasteiger partial charge in [-0.05, 0) is 31.4 Å². The first-order valence-corrected chi connectivity index (χ1v) is 12.0. The third-order valence-corrected chi connectivity index (χ3v) is 5.96. The van der Waals surface area contributed by atoms with E-state index in [2.05, 4.69) is 37.6 Å². The summed E-state index contributed by atoms with van der Waals surface area (Å²) < 4.78 is 11.3. The summed E-state index contributed by atoms with van der Waals surface area (Å²) in [7, 11) is 1.56. The average Bonchev–Trinajstić information content (AvgIpc) is 2.78. The number of aromatic nitrogens is 2. The lowest BCUT2D eigenvalue weighted by atomic mass is 10.1. The predicted molar refractivity (Wildman–Crippen MR) is 132 cm³/mol. The molecule has 180 valence electrons. The molecule has 1 aromatic carbocycles. The van der Waals surface area contributed by atoms with Crippen molar-refractivity contribution >= 4 is 23.3 Å². The quantitative estimate of drug-likeness (QED) is 0.538. The number of ether oxygens (including phenoxy) is 2. The standard InChI is InChI=1S/C25H35ClN4O3/c1-16(2)7-12-33-23-20(26)14-19(15-21(23)32-6)25(31)30-10-8-29(9-11-30)22-13-18(5)27-24(28-22)17(3)4/h13-17H,7-12H2,1-6H3. The highest BCUT2D eigenvalue weighted by atomic mass is 35.5. The number of carbonyl (C=O) groups is 1. The summed E-state index contributed by atoms with van der Waals surface area (Å²) in [5.74, 6) is 3.46. The smallest absolute Gasteiger partial charge is 0.254 e. The van der Waals surface area contributed by atoms with Crippen molar-refractivity contribution in [2.24, 2.45) is 5.92 Å². The zero-order chi connectivity index (χ0) is 24.1. The minimum atomic E-state index is -0.0645. The Labute approximate surface area is 202 Å². The highest BCUT2D eigenvalue weighted by molar-refractivity contribution is 6.32. The van der Waals surface area contributed by atoms with Gasteiger partial charge in [-0.15, -0.1) is 0 Å². The van der Waals surface area contributed by atoms with Gasteiger partial charge in [0.15, 0.2) is 11.5 Å². The lowest BCUT2D eigenvalue weighted by molar-refractivity contribution is 0.0746. The van der Waals surface area contributed by atoms with Gasteiger partial charge in [0.25, 0.3) is 5.91 Å². The van der Waals surface area contributed by atoms with Crippen LogP contribution >= 0.6 is 11.6 Å². The molecular weight excluding hydrogens is 440 g/mol. The molecule has 0 atom stereocenters. The first-order valence-electron chi connectivity index (χ1n) is 11.6. The number of hydrogen-bond acceptors (Lipinski definition) is 6. The van der Waals surface area contributed by atoms with E-state index in [1.807, 2.05) is 17.9 Å². The Hall–Kier alpha value is -2.54. The Morgan fingerprint density at radius 2 is 1.79 bits per heavy atom. The lowest BCUT2D eigenvalue weighted by Gasteiger charge is -2.35. The molecule has 1 saturated heterocycles. The van der Waals surface area contributed by atoms with E-state index in [1.54, 1.807) is 19.2 Å². The molecule has 0 spiro atoms. The van der Waals surface area contributed by atoms with Crippen LogP contribution in [0.4, 0.5) is 5.82 Å². The normalized spacial score (nSPS) is 14.2. The van der Waals surface area contributed by atoms with Crippen LogP contribution in [-0.4, -0.2) is 60.7 Å². The number of methoxy groups -OCH3 is 1. The zero-order valence-corrected chi connectivity index (χ0v) is 21.3. The zero-order valence-electron chi connectivity index (χ0n) is 20.5. The van der Waals surface area contributed by atoms with Gasteiger partial charge in [-0.1, -0.05) is 39.3 Å². The van der Waals surface area contributed by atoms with Gasteiger partial charge in [0.1, 0.15) is 11.6 Å². The highest BCUT2D eigenvalue weighted by Gasteiger charge is 2.25. The fraction of sp³-hybridized carbons (Fsp3) is 0.560. The van der Waals surface area contributed by atoms with Crippen molar-refractivity contribution in [3.8, 4) is 11.5 Å². The molecule has 0 bridgehead atoms. The molecule has 0 saturated carbocycles. The van der Waals surface area contributed by atoms with Gasteiger partial charge in [0, 0.05) is 49.4 Å². The molecule has 7 nitrogen and oxygen atoms in total. The van der Waals surface area contributed by atoms with Gasteiger partial charge in [-0.2, -0.15) is 0 Å². The van der Waals surface area contributed by atoms with Crippen LogP contribution in [0.5, 0.6) is 11.5 Å².